The quantitative estimate of drug-likeness (QED) is 0.864. The van der Waals surface area contributed by atoms with Gasteiger partial charge in [0.2, 0.25) is 0 Å². The summed E-state index contributed by atoms with van der Waals surface area (Å²) in [6.07, 6.45) is 5.95. The van der Waals surface area contributed by atoms with Crippen molar-refractivity contribution in [1.82, 2.24) is 9.38 Å². The Labute approximate surface area is 103 Å². The van der Waals surface area contributed by atoms with Crippen molar-refractivity contribution in [2.45, 2.75) is 6.92 Å². The molecule has 0 N–H and O–H groups in total. The Hall–Kier alpha value is -1.13. The van der Waals surface area contributed by atoms with Gasteiger partial charge < -0.3 is 9.14 Å². The average Bonchev–Trinajstić information content (AvgIpc) is 2.56. The van der Waals surface area contributed by atoms with Crippen LogP contribution in [0, 0.1) is 6.92 Å². The molecule has 0 aliphatic heterocycles. The lowest BCUT2D eigenvalue weighted by Gasteiger charge is -1.96. The molecule has 0 saturated heterocycles. The Bertz CT molecular complexity index is 531. The van der Waals surface area contributed by atoms with Crippen molar-refractivity contribution in [3.05, 3.63) is 40.4 Å². The van der Waals surface area contributed by atoms with Crippen LogP contribution in [0.5, 0.6) is 0 Å². The first-order valence-corrected chi connectivity index (χ1v) is 5.81. The van der Waals surface area contributed by atoms with Gasteiger partial charge in [-0.3, -0.25) is 0 Å². The largest absolute Gasteiger partial charge is 0.381 e. The highest BCUT2D eigenvalue weighted by Gasteiger charge is 2.05. The standard InChI is InChI=1S/C12H13BrN2O/c1-9-14-11(4-3-7-16-2)12-8-10(13)5-6-15(9)12/h3-6,8H,7H2,1-2H3. The van der Waals surface area contributed by atoms with Gasteiger partial charge in [-0.05, 0) is 25.1 Å². The lowest BCUT2D eigenvalue weighted by molar-refractivity contribution is 0.234. The highest BCUT2D eigenvalue weighted by atomic mass is 79.9. The second kappa shape index (κ2) is 4.80. The fraction of sp³-hybridized carbons (Fsp3) is 0.250. The SMILES string of the molecule is COCC=Cc1nc(C)n2ccc(Br)cc12. The van der Waals surface area contributed by atoms with Gasteiger partial charge in [-0.15, -0.1) is 0 Å². The van der Waals surface area contributed by atoms with Gasteiger partial charge in [0.15, 0.2) is 0 Å². The number of aryl methyl sites for hydroxylation is 1. The van der Waals surface area contributed by atoms with Crippen molar-refractivity contribution in [3.63, 3.8) is 0 Å². The number of imidazole rings is 1. The molecule has 4 heteroatoms. The third kappa shape index (κ3) is 2.18. The number of aromatic nitrogens is 2. The number of hydrogen-bond donors (Lipinski definition) is 0. The molecular weight excluding hydrogens is 268 g/mol. The summed E-state index contributed by atoms with van der Waals surface area (Å²) >= 11 is 3.47. The number of fused-ring (bicyclic) bond motifs is 1. The summed E-state index contributed by atoms with van der Waals surface area (Å²) in [5.41, 5.74) is 2.06. The molecular formula is C12H13BrN2O. The van der Waals surface area contributed by atoms with Crippen LogP contribution in [0.1, 0.15) is 11.5 Å². The molecule has 2 aromatic rings. The molecule has 2 aromatic heterocycles. The van der Waals surface area contributed by atoms with E-state index in [1.54, 1.807) is 7.11 Å². The Morgan fingerprint density at radius 1 is 1.56 bits per heavy atom. The Balaban J connectivity index is 2.48. The van der Waals surface area contributed by atoms with Gasteiger partial charge in [-0.25, -0.2) is 4.98 Å². The summed E-state index contributed by atoms with van der Waals surface area (Å²) < 4.78 is 8.10. The molecule has 16 heavy (non-hydrogen) atoms. The zero-order chi connectivity index (χ0) is 11.5. The summed E-state index contributed by atoms with van der Waals surface area (Å²) in [6, 6.07) is 4.07. The van der Waals surface area contributed by atoms with Crippen molar-refractivity contribution in [1.29, 1.82) is 0 Å². The van der Waals surface area contributed by atoms with Crippen molar-refractivity contribution < 1.29 is 4.74 Å². The first kappa shape index (κ1) is 11.4. The summed E-state index contributed by atoms with van der Waals surface area (Å²) in [6.45, 7) is 2.60. The summed E-state index contributed by atoms with van der Waals surface area (Å²) in [5, 5.41) is 0. The zero-order valence-corrected chi connectivity index (χ0v) is 10.9. The molecule has 0 fully saturated rings. The molecule has 0 spiro atoms. The van der Waals surface area contributed by atoms with Crippen LogP contribution in [0.3, 0.4) is 0 Å². The van der Waals surface area contributed by atoms with Gasteiger partial charge in [0.1, 0.15) is 5.82 Å². The molecule has 0 saturated carbocycles. The molecule has 3 nitrogen and oxygen atoms in total. The maximum absolute atomic E-state index is 4.98. The Morgan fingerprint density at radius 2 is 2.38 bits per heavy atom. The molecule has 84 valence electrons. The van der Waals surface area contributed by atoms with Crippen LogP contribution in [0.4, 0.5) is 0 Å². The molecule has 0 aliphatic rings. The van der Waals surface area contributed by atoms with Crippen LogP contribution in [0.2, 0.25) is 0 Å². The van der Waals surface area contributed by atoms with Crippen molar-refractivity contribution in [2.24, 2.45) is 0 Å². The van der Waals surface area contributed by atoms with Crippen LogP contribution < -0.4 is 0 Å². The van der Waals surface area contributed by atoms with Gasteiger partial charge in [0.25, 0.3) is 0 Å². The third-order valence-corrected chi connectivity index (χ3v) is 2.84. The average molecular weight is 281 g/mol. The van der Waals surface area contributed by atoms with Gasteiger partial charge in [-0.1, -0.05) is 22.0 Å². The molecule has 0 unspecified atom stereocenters. The number of rotatable bonds is 3. The third-order valence-electron chi connectivity index (χ3n) is 2.35. The van der Waals surface area contributed by atoms with Gasteiger partial charge in [0.05, 0.1) is 17.8 Å². The summed E-state index contributed by atoms with van der Waals surface area (Å²) in [5.74, 6) is 0.986. The minimum absolute atomic E-state index is 0.603. The van der Waals surface area contributed by atoms with Crippen LogP contribution in [-0.2, 0) is 4.74 Å². The van der Waals surface area contributed by atoms with Crippen LogP contribution in [0.25, 0.3) is 11.6 Å². The van der Waals surface area contributed by atoms with Crippen molar-refractivity contribution >= 4 is 27.5 Å². The normalized spacial score (nSPS) is 11.7. The van der Waals surface area contributed by atoms with Gasteiger partial charge >= 0.3 is 0 Å². The number of methoxy groups -OCH3 is 1. The first-order valence-electron chi connectivity index (χ1n) is 5.02. The molecule has 0 bridgehead atoms. The summed E-state index contributed by atoms with van der Waals surface area (Å²) in [4.78, 5) is 4.50. The highest BCUT2D eigenvalue weighted by molar-refractivity contribution is 9.10. The fourth-order valence-electron chi connectivity index (χ4n) is 1.62. The molecule has 0 amide bonds. The number of pyridine rings is 1. The van der Waals surface area contributed by atoms with E-state index >= 15 is 0 Å². The predicted molar refractivity (Wildman–Crippen MR) is 68.5 cm³/mol. The molecule has 2 rings (SSSR count). The number of halogens is 1. The Morgan fingerprint density at radius 3 is 3.12 bits per heavy atom. The second-order valence-electron chi connectivity index (χ2n) is 3.50. The number of nitrogens with zero attached hydrogens (tertiary/aromatic N) is 2. The second-order valence-corrected chi connectivity index (χ2v) is 4.42. The monoisotopic (exact) mass is 280 g/mol. The van der Waals surface area contributed by atoms with E-state index in [-0.39, 0.29) is 0 Å². The number of hydrogen-bond acceptors (Lipinski definition) is 2. The van der Waals surface area contributed by atoms with Crippen LogP contribution in [0.15, 0.2) is 28.9 Å². The van der Waals surface area contributed by atoms with Crippen LogP contribution in [-0.4, -0.2) is 23.1 Å². The first-order chi connectivity index (χ1) is 7.72. The number of ether oxygens (including phenoxy) is 1. The smallest absolute Gasteiger partial charge is 0.110 e. The summed E-state index contributed by atoms with van der Waals surface area (Å²) in [7, 11) is 1.68. The fourth-order valence-corrected chi connectivity index (χ4v) is 1.95. The van der Waals surface area contributed by atoms with E-state index in [0.717, 1.165) is 21.5 Å². The van der Waals surface area contributed by atoms with E-state index < -0.39 is 0 Å². The maximum Gasteiger partial charge on any atom is 0.110 e. The minimum Gasteiger partial charge on any atom is -0.381 e. The van der Waals surface area contributed by atoms with E-state index in [1.807, 2.05) is 31.3 Å². The van der Waals surface area contributed by atoms with E-state index in [9.17, 15) is 0 Å². The molecule has 0 atom stereocenters. The van der Waals surface area contributed by atoms with Gasteiger partial charge in [-0.2, -0.15) is 0 Å². The minimum atomic E-state index is 0.603. The lowest BCUT2D eigenvalue weighted by Crippen LogP contribution is -1.85. The van der Waals surface area contributed by atoms with E-state index in [2.05, 4.69) is 31.4 Å². The molecule has 0 aliphatic carbocycles. The molecule has 0 aromatic carbocycles. The van der Waals surface area contributed by atoms with E-state index in [1.165, 1.54) is 0 Å². The van der Waals surface area contributed by atoms with Crippen molar-refractivity contribution in [3.8, 4) is 0 Å². The molecule has 0 radical (unpaired) electrons. The van der Waals surface area contributed by atoms with E-state index in [0.29, 0.717) is 6.61 Å². The zero-order valence-electron chi connectivity index (χ0n) is 9.27. The molecule has 2 heterocycles. The lowest BCUT2D eigenvalue weighted by atomic mass is 10.3. The maximum atomic E-state index is 4.98. The van der Waals surface area contributed by atoms with E-state index in [4.69, 9.17) is 4.74 Å². The highest BCUT2D eigenvalue weighted by Crippen LogP contribution is 2.19. The topological polar surface area (TPSA) is 26.5 Å². The van der Waals surface area contributed by atoms with Gasteiger partial charge in [0, 0.05) is 17.8 Å². The van der Waals surface area contributed by atoms with Crippen molar-refractivity contribution in [2.75, 3.05) is 13.7 Å². The van der Waals surface area contributed by atoms with Crippen LogP contribution >= 0.6 is 15.9 Å². The predicted octanol–water partition coefficient (Wildman–Crippen LogP) is 3.06. The Kier molecular flexibility index (Phi) is 3.41.